The van der Waals surface area contributed by atoms with Crippen molar-refractivity contribution in [1.82, 2.24) is 15.0 Å². The number of methoxy groups -OCH3 is 1. The highest BCUT2D eigenvalue weighted by molar-refractivity contribution is 6.30. The van der Waals surface area contributed by atoms with Gasteiger partial charge in [-0.05, 0) is 29.8 Å². The molecule has 1 aromatic heterocycles. The lowest BCUT2D eigenvalue weighted by Gasteiger charge is -2.07. The summed E-state index contributed by atoms with van der Waals surface area (Å²) in [7, 11) is 1.66. The maximum Gasteiger partial charge on any atom is 0.118 e. The summed E-state index contributed by atoms with van der Waals surface area (Å²) < 4.78 is 7.03. The minimum Gasteiger partial charge on any atom is -0.497 e. The Kier molecular flexibility index (Phi) is 3.88. The van der Waals surface area contributed by atoms with E-state index in [2.05, 4.69) is 10.3 Å². The van der Waals surface area contributed by atoms with Gasteiger partial charge in [0, 0.05) is 10.6 Å². The van der Waals surface area contributed by atoms with Gasteiger partial charge in [-0.1, -0.05) is 41.1 Å². The topological polar surface area (TPSA) is 39.9 Å². The molecule has 0 saturated heterocycles. The van der Waals surface area contributed by atoms with E-state index in [0.29, 0.717) is 11.6 Å². The highest BCUT2D eigenvalue weighted by Crippen LogP contribution is 2.21. The molecular weight excluding hydrogens is 286 g/mol. The molecule has 0 aliphatic heterocycles. The Morgan fingerprint density at radius 3 is 2.43 bits per heavy atom. The second kappa shape index (κ2) is 5.97. The molecule has 0 aliphatic rings. The number of ether oxygens (including phenoxy) is 1. The maximum atomic E-state index is 5.92. The fraction of sp³-hybridized carbons (Fsp3) is 0.125. The van der Waals surface area contributed by atoms with Gasteiger partial charge in [0.25, 0.3) is 0 Å². The summed E-state index contributed by atoms with van der Waals surface area (Å²) in [6, 6.07) is 15.6. The standard InChI is InChI=1S/C16H14ClN3O/c1-21-15-8-2-12(3-9-15)11-20-16(10-18-19-20)13-4-6-14(17)7-5-13/h2-10H,11H2,1H3. The van der Waals surface area contributed by atoms with Crippen LogP contribution >= 0.6 is 11.6 Å². The lowest BCUT2D eigenvalue weighted by atomic mass is 10.1. The molecule has 0 fully saturated rings. The molecule has 0 bridgehead atoms. The Bertz CT molecular complexity index is 720. The molecule has 2 aromatic carbocycles. The van der Waals surface area contributed by atoms with Crippen LogP contribution < -0.4 is 4.74 Å². The van der Waals surface area contributed by atoms with Crippen molar-refractivity contribution in [3.63, 3.8) is 0 Å². The van der Waals surface area contributed by atoms with Crippen molar-refractivity contribution < 1.29 is 4.74 Å². The molecule has 0 N–H and O–H groups in total. The van der Waals surface area contributed by atoms with E-state index >= 15 is 0 Å². The van der Waals surface area contributed by atoms with Gasteiger partial charge in [-0.25, -0.2) is 4.68 Å². The molecular formula is C16H14ClN3O. The zero-order valence-electron chi connectivity index (χ0n) is 11.5. The summed E-state index contributed by atoms with van der Waals surface area (Å²) in [6.45, 7) is 0.655. The van der Waals surface area contributed by atoms with Crippen LogP contribution in [-0.4, -0.2) is 22.1 Å². The van der Waals surface area contributed by atoms with Crippen LogP contribution in [0.5, 0.6) is 5.75 Å². The molecule has 0 atom stereocenters. The third-order valence-corrected chi connectivity index (χ3v) is 3.50. The fourth-order valence-electron chi connectivity index (χ4n) is 2.12. The predicted molar refractivity (Wildman–Crippen MR) is 82.6 cm³/mol. The second-order valence-corrected chi connectivity index (χ2v) is 5.07. The van der Waals surface area contributed by atoms with Crippen LogP contribution in [0.4, 0.5) is 0 Å². The molecule has 0 saturated carbocycles. The zero-order valence-corrected chi connectivity index (χ0v) is 12.3. The Morgan fingerprint density at radius 1 is 1.05 bits per heavy atom. The Morgan fingerprint density at radius 2 is 1.76 bits per heavy atom. The average Bonchev–Trinajstić information content (AvgIpc) is 2.97. The van der Waals surface area contributed by atoms with Gasteiger partial charge in [-0.3, -0.25) is 0 Å². The Labute approximate surface area is 127 Å². The smallest absolute Gasteiger partial charge is 0.118 e. The number of hydrogen-bond donors (Lipinski definition) is 0. The van der Waals surface area contributed by atoms with E-state index in [-0.39, 0.29) is 0 Å². The number of nitrogens with zero attached hydrogens (tertiary/aromatic N) is 3. The van der Waals surface area contributed by atoms with Crippen molar-refractivity contribution in [3.05, 3.63) is 65.3 Å². The average molecular weight is 300 g/mol. The van der Waals surface area contributed by atoms with Gasteiger partial charge in [-0.15, -0.1) is 5.10 Å². The summed E-state index contributed by atoms with van der Waals surface area (Å²) in [5.74, 6) is 0.843. The third kappa shape index (κ3) is 3.06. The first-order valence-electron chi connectivity index (χ1n) is 6.53. The number of rotatable bonds is 4. The molecule has 4 nitrogen and oxygen atoms in total. The number of hydrogen-bond acceptors (Lipinski definition) is 3. The quantitative estimate of drug-likeness (QED) is 0.738. The summed E-state index contributed by atoms with van der Waals surface area (Å²) in [5, 5.41) is 8.88. The van der Waals surface area contributed by atoms with Crippen LogP contribution in [-0.2, 0) is 6.54 Å². The third-order valence-electron chi connectivity index (χ3n) is 3.25. The molecule has 0 radical (unpaired) electrons. The first kappa shape index (κ1) is 13.6. The van der Waals surface area contributed by atoms with E-state index in [1.165, 1.54) is 0 Å². The lowest BCUT2D eigenvalue weighted by Crippen LogP contribution is -2.04. The molecule has 1 heterocycles. The minimum atomic E-state index is 0.655. The summed E-state index contributed by atoms with van der Waals surface area (Å²) in [5.41, 5.74) is 3.14. The van der Waals surface area contributed by atoms with E-state index in [1.807, 2.05) is 53.2 Å². The van der Waals surface area contributed by atoms with Crippen LogP contribution in [0.1, 0.15) is 5.56 Å². The van der Waals surface area contributed by atoms with Gasteiger partial charge in [0.15, 0.2) is 0 Å². The van der Waals surface area contributed by atoms with E-state index < -0.39 is 0 Å². The second-order valence-electron chi connectivity index (χ2n) is 4.63. The molecule has 3 aromatic rings. The fourth-order valence-corrected chi connectivity index (χ4v) is 2.25. The van der Waals surface area contributed by atoms with Gasteiger partial charge in [0.05, 0.1) is 25.5 Å². The normalized spacial score (nSPS) is 10.6. The van der Waals surface area contributed by atoms with E-state index in [1.54, 1.807) is 13.3 Å². The Hall–Kier alpha value is -2.33. The number of benzene rings is 2. The largest absolute Gasteiger partial charge is 0.497 e. The molecule has 21 heavy (non-hydrogen) atoms. The molecule has 0 unspecified atom stereocenters. The SMILES string of the molecule is COc1ccc(Cn2nncc2-c2ccc(Cl)cc2)cc1. The zero-order chi connectivity index (χ0) is 14.7. The minimum absolute atomic E-state index is 0.655. The van der Waals surface area contributed by atoms with Crippen molar-refractivity contribution in [3.8, 4) is 17.0 Å². The highest BCUT2D eigenvalue weighted by atomic mass is 35.5. The number of aromatic nitrogens is 3. The molecule has 3 rings (SSSR count). The first-order chi connectivity index (χ1) is 10.3. The van der Waals surface area contributed by atoms with Crippen molar-refractivity contribution in [2.45, 2.75) is 6.54 Å². The van der Waals surface area contributed by atoms with E-state index in [9.17, 15) is 0 Å². The van der Waals surface area contributed by atoms with Crippen LogP contribution in [0.3, 0.4) is 0 Å². The lowest BCUT2D eigenvalue weighted by molar-refractivity contribution is 0.414. The number of halogens is 1. The highest BCUT2D eigenvalue weighted by Gasteiger charge is 2.07. The van der Waals surface area contributed by atoms with Gasteiger partial charge >= 0.3 is 0 Å². The van der Waals surface area contributed by atoms with E-state index in [0.717, 1.165) is 22.6 Å². The summed E-state index contributed by atoms with van der Waals surface area (Å²) in [4.78, 5) is 0. The first-order valence-corrected chi connectivity index (χ1v) is 6.91. The molecule has 0 amide bonds. The molecule has 0 spiro atoms. The molecule has 106 valence electrons. The van der Waals surface area contributed by atoms with Crippen LogP contribution in [0, 0.1) is 0 Å². The van der Waals surface area contributed by atoms with Crippen molar-refractivity contribution >= 4 is 11.6 Å². The molecule has 0 aliphatic carbocycles. The van der Waals surface area contributed by atoms with Crippen molar-refractivity contribution in [2.24, 2.45) is 0 Å². The molecule has 5 heteroatoms. The van der Waals surface area contributed by atoms with Crippen LogP contribution in [0.25, 0.3) is 11.3 Å². The van der Waals surface area contributed by atoms with Crippen molar-refractivity contribution in [1.29, 1.82) is 0 Å². The van der Waals surface area contributed by atoms with Gasteiger partial charge in [-0.2, -0.15) is 0 Å². The Balaban J connectivity index is 1.86. The monoisotopic (exact) mass is 299 g/mol. The summed E-state index contributed by atoms with van der Waals surface area (Å²) in [6.07, 6.45) is 1.76. The van der Waals surface area contributed by atoms with Gasteiger partial charge < -0.3 is 4.74 Å². The van der Waals surface area contributed by atoms with Crippen LogP contribution in [0.15, 0.2) is 54.7 Å². The van der Waals surface area contributed by atoms with Gasteiger partial charge in [0.2, 0.25) is 0 Å². The van der Waals surface area contributed by atoms with E-state index in [4.69, 9.17) is 16.3 Å². The summed E-state index contributed by atoms with van der Waals surface area (Å²) >= 11 is 5.92. The van der Waals surface area contributed by atoms with Gasteiger partial charge in [0.1, 0.15) is 5.75 Å². The predicted octanol–water partition coefficient (Wildman–Crippen LogP) is 3.66. The van der Waals surface area contributed by atoms with Crippen molar-refractivity contribution in [2.75, 3.05) is 7.11 Å². The maximum absolute atomic E-state index is 5.92. The van der Waals surface area contributed by atoms with Crippen LogP contribution in [0.2, 0.25) is 5.02 Å².